The summed E-state index contributed by atoms with van der Waals surface area (Å²) in [7, 11) is 0. The van der Waals surface area contributed by atoms with Crippen molar-refractivity contribution in [1.29, 1.82) is 0 Å². The van der Waals surface area contributed by atoms with Gasteiger partial charge in [-0.05, 0) is 37.5 Å². The van der Waals surface area contributed by atoms with Crippen LogP contribution in [0.15, 0.2) is 0 Å². The second-order valence-corrected chi connectivity index (χ2v) is 3.54. The van der Waals surface area contributed by atoms with Gasteiger partial charge in [0.1, 0.15) is 0 Å². The molecule has 0 nitrogen and oxygen atoms in total. The third-order valence-corrected chi connectivity index (χ3v) is 1.44. The quantitative estimate of drug-likeness (QED) is 0.513. The van der Waals surface area contributed by atoms with Crippen molar-refractivity contribution in [3.63, 3.8) is 0 Å². The van der Waals surface area contributed by atoms with E-state index in [1.807, 2.05) is 0 Å². The lowest BCUT2D eigenvalue weighted by Gasteiger charge is -2.05. The highest BCUT2D eigenvalue weighted by Gasteiger charge is 1.96. The molecule has 0 N–H and O–H groups in total. The number of hydrogen-bond donors (Lipinski definition) is 0. The first kappa shape index (κ1) is 10.0. The monoisotopic (exact) mass is 140 g/mol. The molecule has 0 aromatic heterocycles. The maximum Gasteiger partial charge on any atom is -0.0360 e. The lowest BCUT2D eigenvalue weighted by molar-refractivity contribution is 0.651. The maximum atomic E-state index is 2.37. The molecule has 0 aliphatic heterocycles. The molecule has 0 aromatic rings. The van der Waals surface area contributed by atoms with E-state index in [9.17, 15) is 0 Å². The van der Waals surface area contributed by atoms with Crippen LogP contribution in [-0.2, 0) is 0 Å². The van der Waals surface area contributed by atoms with Crippen molar-refractivity contribution in [3.8, 4) is 0 Å². The first-order chi connectivity index (χ1) is 4.63. The van der Waals surface area contributed by atoms with Crippen LogP contribution in [0, 0.1) is 24.7 Å². The molecule has 0 aromatic carbocycles. The summed E-state index contributed by atoms with van der Waals surface area (Å²) < 4.78 is 0. The van der Waals surface area contributed by atoms with Crippen LogP contribution < -0.4 is 0 Å². The van der Waals surface area contributed by atoms with Crippen LogP contribution in [0.5, 0.6) is 0 Å². The Morgan fingerprint density at radius 1 is 0.800 bits per heavy atom. The molecule has 0 atom stereocenters. The maximum absolute atomic E-state index is 2.37. The average Bonchev–Trinajstić information content (AvgIpc) is 1.79. The summed E-state index contributed by atoms with van der Waals surface area (Å²) >= 11 is 0. The Morgan fingerprint density at radius 3 is 1.30 bits per heavy atom. The van der Waals surface area contributed by atoms with Crippen molar-refractivity contribution in [2.24, 2.45) is 11.8 Å². The Bertz CT molecular complexity index is 52.4. The molecule has 0 saturated carbocycles. The summed E-state index contributed by atoms with van der Waals surface area (Å²) in [4.78, 5) is 0. The minimum Gasteiger partial charge on any atom is -0.0625 e. The van der Waals surface area contributed by atoms with E-state index in [4.69, 9.17) is 0 Å². The summed E-state index contributed by atoms with van der Waals surface area (Å²) in [6, 6.07) is 0. The lowest BCUT2D eigenvalue weighted by atomic mass is 10.0. The molecule has 0 aliphatic rings. The van der Waals surface area contributed by atoms with Gasteiger partial charge in [0.15, 0.2) is 0 Å². The van der Waals surface area contributed by atoms with E-state index < -0.39 is 0 Å². The number of hydrogen-bond acceptors (Lipinski definition) is 0. The normalized spacial score (nSPS) is 11.4. The third-order valence-electron chi connectivity index (χ3n) is 1.44. The van der Waals surface area contributed by atoms with Gasteiger partial charge in [0.25, 0.3) is 0 Å². The predicted molar refractivity (Wildman–Crippen MR) is 47.5 cm³/mol. The molecule has 0 heterocycles. The zero-order valence-corrected chi connectivity index (χ0v) is 7.72. The van der Waals surface area contributed by atoms with E-state index in [-0.39, 0.29) is 0 Å². The molecule has 0 heteroatoms. The van der Waals surface area contributed by atoms with Gasteiger partial charge in [-0.2, -0.15) is 0 Å². The first-order valence-electron chi connectivity index (χ1n) is 4.29. The topological polar surface area (TPSA) is 0 Å². The molecule has 0 rings (SSSR count). The van der Waals surface area contributed by atoms with Gasteiger partial charge in [-0.15, -0.1) is 0 Å². The fourth-order valence-electron chi connectivity index (χ4n) is 0.859. The van der Waals surface area contributed by atoms with Crippen LogP contribution in [0.4, 0.5) is 0 Å². The van der Waals surface area contributed by atoms with Gasteiger partial charge >= 0.3 is 0 Å². The largest absolute Gasteiger partial charge is 0.0625 e. The van der Waals surface area contributed by atoms with Crippen molar-refractivity contribution in [1.82, 2.24) is 0 Å². The van der Waals surface area contributed by atoms with Crippen LogP contribution in [0.25, 0.3) is 0 Å². The van der Waals surface area contributed by atoms with Crippen LogP contribution >= 0.6 is 0 Å². The lowest BCUT2D eigenvalue weighted by Crippen LogP contribution is -1.92. The molecule has 0 fully saturated rings. The van der Waals surface area contributed by atoms with Crippen molar-refractivity contribution >= 4 is 0 Å². The molecule has 0 saturated heterocycles. The highest BCUT2D eigenvalue weighted by Crippen LogP contribution is 2.09. The van der Waals surface area contributed by atoms with E-state index in [1.54, 1.807) is 0 Å². The van der Waals surface area contributed by atoms with E-state index >= 15 is 0 Å². The molecule has 0 bridgehead atoms. The highest BCUT2D eigenvalue weighted by molar-refractivity contribution is 4.75. The molecular weight excluding hydrogens is 120 g/mol. The van der Waals surface area contributed by atoms with E-state index in [0.29, 0.717) is 0 Å². The van der Waals surface area contributed by atoms with Crippen LogP contribution in [0.1, 0.15) is 40.5 Å². The Morgan fingerprint density at radius 2 is 1.10 bits per heavy atom. The van der Waals surface area contributed by atoms with Gasteiger partial charge < -0.3 is 0 Å². The third kappa shape index (κ3) is 8.00. The van der Waals surface area contributed by atoms with Crippen LogP contribution in [-0.4, -0.2) is 0 Å². The van der Waals surface area contributed by atoms with Crippen molar-refractivity contribution < 1.29 is 0 Å². The summed E-state index contributed by atoms with van der Waals surface area (Å²) in [6.07, 6.45) is 7.24. The average molecular weight is 140 g/mol. The summed E-state index contributed by atoms with van der Waals surface area (Å²) in [6.45, 7) is 8.93. The zero-order chi connectivity index (χ0) is 7.98. The second kappa shape index (κ2) is 5.76. The van der Waals surface area contributed by atoms with Gasteiger partial charge in [-0.1, -0.05) is 27.7 Å². The van der Waals surface area contributed by atoms with Crippen LogP contribution in [0.3, 0.4) is 0 Å². The second-order valence-electron chi connectivity index (χ2n) is 3.54. The molecule has 2 radical (unpaired) electrons. The minimum atomic E-state index is 0.751. The standard InChI is InChI=1S/C10H20/c1-9(2)7-5-6-8-10(3)4/h7-10H,5-6H2,1-4H3. The summed E-state index contributed by atoms with van der Waals surface area (Å²) in [5.41, 5.74) is 0. The Kier molecular flexibility index (Phi) is 5.76. The Hall–Kier alpha value is 0. The molecule has 0 aliphatic carbocycles. The van der Waals surface area contributed by atoms with E-state index in [2.05, 4.69) is 40.5 Å². The smallest absolute Gasteiger partial charge is 0.0360 e. The molecule has 10 heavy (non-hydrogen) atoms. The van der Waals surface area contributed by atoms with Crippen molar-refractivity contribution in [2.75, 3.05) is 0 Å². The summed E-state index contributed by atoms with van der Waals surface area (Å²) in [5.74, 6) is 1.50. The highest BCUT2D eigenvalue weighted by atomic mass is 14.0. The SMILES string of the molecule is CC(C)[CH]CC[CH]C(C)C. The van der Waals surface area contributed by atoms with Gasteiger partial charge in [0, 0.05) is 0 Å². The molecule has 0 spiro atoms. The van der Waals surface area contributed by atoms with Gasteiger partial charge in [0.2, 0.25) is 0 Å². The predicted octanol–water partition coefficient (Wildman–Crippen LogP) is 3.49. The van der Waals surface area contributed by atoms with E-state index in [0.717, 1.165) is 11.8 Å². The number of rotatable bonds is 5. The van der Waals surface area contributed by atoms with Crippen molar-refractivity contribution in [3.05, 3.63) is 12.8 Å². The first-order valence-corrected chi connectivity index (χ1v) is 4.29. The minimum absolute atomic E-state index is 0.751. The fraction of sp³-hybridized carbons (Fsp3) is 0.800. The van der Waals surface area contributed by atoms with Crippen molar-refractivity contribution in [2.45, 2.75) is 40.5 Å². The van der Waals surface area contributed by atoms with Gasteiger partial charge in [-0.3, -0.25) is 0 Å². The molecular formula is C10H20. The zero-order valence-electron chi connectivity index (χ0n) is 7.72. The number of unbranched alkanes of at least 4 members (excludes halogenated alkanes) is 1. The fourth-order valence-corrected chi connectivity index (χ4v) is 0.859. The molecule has 60 valence electrons. The van der Waals surface area contributed by atoms with Gasteiger partial charge in [-0.25, -0.2) is 0 Å². The summed E-state index contributed by atoms with van der Waals surface area (Å²) in [5, 5.41) is 0. The van der Waals surface area contributed by atoms with E-state index in [1.165, 1.54) is 12.8 Å². The van der Waals surface area contributed by atoms with Crippen LogP contribution in [0.2, 0.25) is 0 Å². The molecule has 0 amide bonds. The Balaban J connectivity index is 2.91. The molecule has 0 unspecified atom stereocenters. The van der Waals surface area contributed by atoms with Gasteiger partial charge in [0.05, 0.1) is 0 Å². The Labute approximate surface area is 66.0 Å².